The van der Waals surface area contributed by atoms with E-state index in [-0.39, 0.29) is 0 Å². The van der Waals surface area contributed by atoms with Crippen LogP contribution in [-0.4, -0.2) is 14.8 Å². The van der Waals surface area contributed by atoms with Crippen molar-refractivity contribution in [3.63, 3.8) is 0 Å². The van der Waals surface area contributed by atoms with E-state index < -0.39 is 0 Å². The normalized spacial score (nSPS) is 10.4. The lowest BCUT2D eigenvalue weighted by Crippen LogP contribution is -2.09. The zero-order chi connectivity index (χ0) is 12.1. The highest BCUT2D eigenvalue weighted by Gasteiger charge is 2.00. The second kappa shape index (κ2) is 5.59. The van der Waals surface area contributed by atoms with Crippen molar-refractivity contribution in [3.05, 3.63) is 42.7 Å². The third-order valence-corrected chi connectivity index (χ3v) is 2.75. The minimum Gasteiger partial charge on any atom is -0.393 e. The van der Waals surface area contributed by atoms with Crippen LogP contribution in [0.1, 0.15) is 12.8 Å². The molecule has 1 heterocycles. The van der Waals surface area contributed by atoms with Crippen LogP contribution in [-0.2, 0) is 6.54 Å². The summed E-state index contributed by atoms with van der Waals surface area (Å²) < 4.78 is 1.93. The molecule has 1 aromatic carbocycles. The first-order valence-corrected chi connectivity index (χ1v) is 6.03. The van der Waals surface area contributed by atoms with E-state index in [1.807, 2.05) is 29.1 Å². The third kappa shape index (κ3) is 3.39. The van der Waals surface area contributed by atoms with E-state index in [4.69, 9.17) is 18.0 Å². The molecular formula is C13H15N3S. The Morgan fingerprint density at radius 2 is 2.00 bits per heavy atom. The van der Waals surface area contributed by atoms with E-state index in [2.05, 4.69) is 23.4 Å². The van der Waals surface area contributed by atoms with Crippen molar-refractivity contribution in [2.45, 2.75) is 19.4 Å². The molecule has 0 saturated carbocycles. The van der Waals surface area contributed by atoms with Crippen LogP contribution in [0.2, 0.25) is 0 Å². The topological polar surface area (TPSA) is 43.8 Å². The highest BCUT2D eigenvalue weighted by Crippen LogP contribution is 2.17. The molecule has 0 aliphatic carbocycles. The van der Waals surface area contributed by atoms with Gasteiger partial charge in [-0.15, -0.1) is 0 Å². The van der Waals surface area contributed by atoms with Gasteiger partial charge in [0.2, 0.25) is 0 Å². The number of aryl methyl sites for hydroxylation is 1. The molecular weight excluding hydrogens is 230 g/mol. The average Bonchev–Trinajstić information content (AvgIpc) is 2.78. The fourth-order valence-corrected chi connectivity index (χ4v) is 1.83. The molecule has 0 atom stereocenters. The first kappa shape index (κ1) is 11.8. The third-order valence-electron chi connectivity index (χ3n) is 2.55. The maximum atomic E-state index is 5.45. The monoisotopic (exact) mass is 245 g/mol. The van der Waals surface area contributed by atoms with Crippen LogP contribution < -0.4 is 5.73 Å². The average molecular weight is 245 g/mol. The molecule has 2 N–H and O–H groups in total. The van der Waals surface area contributed by atoms with Gasteiger partial charge in [-0.1, -0.05) is 42.5 Å². The number of rotatable bonds is 5. The van der Waals surface area contributed by atoms with E-state index in [1.165, 1.54) is 5.56 Å². The second-order valence-electron chi connectivity index (χ2n) is 3.93. The van der Waals surface area contributed by atoms with Crippen LogP contribution in [0.3, 0.4) is 0 Å². The molecule has 17 heavy (non-hydrogen) atoms. The maximum Gasteiger partial charge on any atom is 0.0728 e. The van der Waals surface area contributed by atoms with Crippen molar-refractivity contribution in [2.24, 2.45) is 5.73 Å². The highest BCUT2D eigenvalue weighted by molar-refractivity contribution is 7.80. The summed E-state index contributed by atoms with van der Waals surface area (Å²) in [6.45, 7) is 0.851. The van der Waals surface area contributed by atoms with Crippen LogP contribution in [0.15, 0.2) is 42.7 Å². The summed E-state index contributed by atoms with van der Waals surface area (Å²) in [6, 6.07) is 10.2. The smallest absolute Gasteiger partial charge is 0.0728 e. The standard InChI is InChI=1S/C13H15N3S/c14-13(17)7-4-8-16-10-12(9-15-16)11-5-2-1-3-6-11/h1-3,5-6,9-10H,4,7-8H2,(H2,14,17). The molecule has 0 radical (unpaired) electrons. The Balaban J connectivity index is 1.99. The number of thiocarbonyl (C=S) groups is 1. The van der Waals surface area contributed by atoms with Crippen LogP contribution in [0.4, 0.5) is 0 Å². The molecule has 0 unspecified atom stereocenters. The number of hydrogen-bond donors (Lipinski definition) is 1. The largest absolute Gasteiger partial charge is 0.393 e. The van der Waals surface area contributed by atoms with Crippen LogP contribution in [0.25, 0.3) is 11.1 Å². The number of aromatic nitrogens is 2. The predicted octanol–water partition coefficient (Wildman–Crippen LogP) is 2.62. The molecule has 0 fully saturated rings. The van der Waals surface area contributed by atoms with E-state index in [0.717, 1.165) is 24.9 Å². The summed E-state index contributed by atoms with van der Waals surface area (Å²) in [6.07, 6.45) is 5.64. The predicted molar refractivity (Wildman–Crippen MR) is 73.7 cm³/mol. The van der Waals surface area contributed by atoms with Gasteiger partial charge in [0.1, 0.15) is 0 Å². The lowest BCUT2D eigenvalue weighted by atomic mass is 10.1. The summed E-state index contributed by atoms with van der Waals surface area (Å²) in [5.41, 5.74) is 7.78. The summed E-state index contributed by atoms with van der Waals surface area (Å²) in [5, 5.41) is 4.32. The summed E-state index contributed by atoms with van der Waals surface area (Å²) >= 11 is 4.84. The zero-order valence-corrected chi connectivity index (χ0v) is 10.4. The van der Waals surface area contributed by atoms with Gasteiger partial charge in [-0.05, 0) is 18.4 Å². The van der Waals surface area contributed by atoms with Crippen molar-refractivity contribution in [1.29, 1.82) is 0 Å². The van der Waals surface area contributed by atoms with Crippen LogP contribution in [0, 0.1) is 0 Å². The second-order valence-corrected chi connectivity index (χ2v) is 4.45. The SMILES string of the molecule is NC(=S)CCCn1cc(-c2ccccc2)cn1. The molecule has 0 bridgehead atoms. The molecule has 3 nitrogen and oxygen atoms in total. The number of nitrogens with two attached hydrogens (primary N) is 1. The molecule has 4 heteroatoms. The molecule has 2 aromatic rings. The van der Waals surface area contributed by atoms with Gasteiger partial charge in [-0.25, -0.2) is 0 Å². The number of benzene rings is 1. The van der Waals surface area contributed by atoms with Gasteiger partial charge >= 0.3 is 0 Å². The summed E-state index contributed by atoms with van der Waals surface area (Å²) in [7, 11) is 0. The lowest BCUT2D eigenvalue weighted by Gasteiger charge is -2.00. The fourth-order valence-electron chi connectivity index (χ4n) is 1.68. The first-order valence-electron chi connectivity index (χ1n) is 5.62. The summed E-state index contributed by atoms with van der Waals surface area (Å²) in [4.78, 5) is 0.570. The molecule has 2 rings (SSSR count). The van der Waals surface area contributed by atoms with Crippen LogP contribution >= 0.6 is 12.2 Å². The fraction of sp³-hybridized carbons (Fsp3) is 0.231. The van der Waals surface area contributed by atoms with Crippen molar-refractivity contribution >= 4 is 17.2 Å². The van der Waals surface area contributed by atoms with Gasteiger partial charge in [-0.2, -0.15) is 5.10 Å². The molecule has 0 aliphatic rings. The number of nitrogens with zero attached hydrogens (tertiary/aromatic N) is 2. The van der Waals surface area contributed by atoms with Gasteiger partial charge in [-0.3, -0.25) is 4.68 Å². The Morgan fingerprint density at radius 3 is 2.71 bits per heavy atom. The molecule has 0 amide bonds. The van der Waals surface area contributed by atoms with E-state index >= 15 is 0 Å². The molecule has 0 saturated heterocycles. The minimum atomic E-state index is 0.570. The van der Waals surface area contributed by atoms with Crippen molar-refractivity contribution in [1.82, 2.24) is 9.78 Å². The van der Waals surface area contributed by atoms with Gasteiger partial charge in [0.25, 0.3) is 0 Å². The molecule has 0 aliphatic heterocycles. The quantitative estimate of drug-likeness (QED) is 0.823. The van der Waals surface area contributed by atoms with Crippen molar-refractivity contribution in [2.75, 3.05) is 0 Å². The number of hydrogen-bond acceptors (Lipinski definition) is 2. The minimum absolute atomic E-state index is 0.570. The maximum absolute atomic E-state index is 5.45. The van der Waals surface area contributed by atoms with E-state index in [0.29, 0.717) is 4.99 Å². The van der Waals surface area contributed by atoms with Gasteiger partial charge < -0.3 is 5.73 Å². The zero-order valence-electron chi connectivity index (χ0n) is 9.54. The first-order chi connectivity index (χ1) is 8.25. The van der Waals surface area contributed by atoms with Crippen molar-refractivity contribution < 1.29 is 0 Å². The van der Waals surface area contributed by atoms with Crippen molar-refractivity contribution in [3.8, 4) is 11.1 Å². The molecule has 1 aromatic heterocycles. The van der Waals surface area contributed by atoms with Crippen LogP contribution in [0.5, 0.6) is 0 Å². The Hall–Kier alpha value is -1.68. The van der Waals surface area contributed by atoms with Gasteiger partial charge in [0.15, 0.2) is 0 Å². The Labute approximate surface area is 106 Å². The Kier molecular flexibility index (Phi) is 3.88. The highest BCUT2D eigenvalue weighted by atomic mass is 32.1. The summed E-state index contributed by atoms with van der Waals surface area (Å²) in [5.74, 6) is 0. The molecule has 0 spiro atoms. The molecule has 88 valence electrons. The van der Waals surface area contributed by atoms with E-state index in [1.54, 1.807) is 0 Å². The van der Waals surface area contributed by atoms with Gasteiger partial charge in [0.05, 0.1) is 11.2 Å². The van der Waals surface area contributed by atoms with Gasteiger partial charge in [0, 0.05) is 18.3 Å². The Bertz CT molecular complexity index is 490. The Morgan fingerprint density at radius 1 is 1.24 bits per heavy atom. The lowest BCUT2D eigenvalue weighted by molar-refractivity contribution is 0.590. The van der Waals surface area contributed by atoms with E-state index in [9.17, 15) is 0 Å².